The summed E-state index contributed by atoms with van der Waals surface area (Å²) in [7, 11) is 0. The fraction of sp³-hybridized carbons (Fsp3) is 0.677. The summed E-state index contributed by atoms with van der Waals surface area (Å²) in [5.41, 5.74) is 10.6. The lowest BCUT2D eigenvalue weighted by atomic mass is 9.48. The van der Waals surface area contributed by atoms with E-state index in [-0.39, 0.29) is 23.4 Å². The van der Waals surface area contributed by atoms with E-state index < -0.39 is 6.04 Å². The molecule has 1 aromatic carbocycles. The van der Waals surface area contributed by atoms with E-state index in [1.807, 2.05) is 13.8 Å². The van der Waals surface area contributed by atoms with Gasteiger partial charge >= 0.3 is 5.97 Å². The Morgan fingerprint density at radius 1 is 1.11 bits per heavy atom. The summed E-state index contributed by atoms with van der Waals surface area (Å²) in [6.07, 6.45) is 14.0. The van der Waals surface area contributed by atoms with Gasteiger partial charge in [0.2, 0.25) is 0 Å². The summed E-state index contributed by atoms with van der Waals surface area (Å²) in [6.45, 7) is 9.06. The van der Waals surface area contributed by atoms with Crippen LogP contribution in [0.1, 0.15) is 85.1 Å². The molecule has 4 aliphatic carbocycles. The zero-order valence-electron chi connectivity index (χ0n) is 22.5. The Bertz CT molecular complexity index is 1180. The standard InChI is InChI=1S/C31H43N3O2/c1-19(2)28(32)29(35)36-21-13-15-30(3)20(17-21)9-10-22-23-11-12-27(31(23,4)16-14-24(22)30)34-18-33-25-7-5-6-8-26(25)34/h5-9,18-19,21-24,27-28H,10-17,32H2,1-4H3/t21-,22?,23?,24?,27?,28?,30-,31-/m0/s1. The van der Waals surface area contributed by atoms with E-state index in [0.29, 0.717) is 11.5 Å². The van der Waals surface area contributed by atoms with Gasteiger partial charge in [-0.25, -0.2) is 4.98 Å². The number of esters is 1. The minimum atomic E-state index is -0.526. The van der Waals surface area contributed by atoms with E-state index in [0.717, 1.165) is 42.5 Å². The van der Waals surface area contributed by atoms with Crippen LogP contribution < -0.4 is 5.73 Å². The number of aromatic nitrogens is 2. The molecule has 0 aliphatic heterocycles. The van der Waals surface area contributed by atoms with E-state index in [4.69, 9.17) is 15.5 Å². The third kappa shape index (κ3) is 3.60. The molecular weight excluding hydrogens is 446 g/mol. The number of benzene rings is 1. The third-order valence-corrected chi connectivity index (χ3v) is 11.1. The molecule has 3 saturated carbocycles. The number of hydrogen-bond donors (Lipinski definition) is 1. The number of para-hydroxylation sites is 2. The van der Waals surface area contributed by atoms with Gasteiger partial charge in [0.25, 0.3) is 0 Å². The van der Waals surface area contributed by atoms with Crippen molar-refractivity contribution < 1.29 is 9.53 Å². The Morgan fingerprint density at radius 2 is 1.92 bits per heavy atom. The van der Waals surface area contributed by atoms with E-state index in [2.05, 4.69) is 55.1 Å². The second-order valence-corrected chi connectivity index (χ2v) is 13.1. The lowest BCUT2D eigenvalue weighted by molar-refractivity contribution is -0.154. The molecule has 8 atom stereocenters. The number of carbonyl (C=O) groups excluding carboxylic acids is 1. The number of nitrogens with two attached hydrogens (primary N) is 1. The van der Waals surface area contributed by atoms with Crippen LogP contribution in [0.3, 0.4) is 0 Å². The van der Waals surface area contributed by atoms with Gasteiger partial charge in [-0.15, -0.1) is 0 Å². The van der Waals surface area contributed by atoms with Crippen molar-refractivity contribution >= 4 is 17.0 Å². The molecule has 1 aromatic heterocycles. The Morgan fingerprint density at radius 3 is 2.72 bits per heavy atom. The first kappa shape index (κ1) is 24.2. The van der Waals surface area contributed by atoms with Crippen molar-refractivity contribution in [1.82, 2.24) is 9.55 Å². The Balaban J connectivity index is 1.22. The minimum absolute atomic E-state index is 0.0163. The van der Waals surface area contributed by atoms with E-state index in [9.17, 15) is 4.79 Å². The number of fused-ring (bicyclic) bond motifs is 6. The second kappa shape index (κ2) is 8.72. The summed E-state index contributed by atoms with van der Waals surface area (Å²) in [4.78, 5) is 17.3. The number of imidazole rings is 1. The van der Waals surface area contributed by atoms with Gasteiger partial charge < -0.3 is 15.0 Å². The second-order valence-electron chi connectivity index (χ2n) is 13.1. The number of carbonyl (C=O) groups is 1. The zero-order chi connectivity index (χ0) is 25.2. The van der Waals surface area contributed by atoms with Crippen molar-refractivity contribution in [3.63, 3.8) is 0 Å². The summed E-state index contributed by atoms with van der Waals surface area (Å²) in [5, 5.41) is 0. The topological polar surface area (TPSA) is 70.1 Å². The average molecular weight is 490 g/mol. The monoisotopic (exact) mass is 489 g/mol. The molecule has 0 amide bonds. The average Bonchev–Trinajstić information content (AvgIpc) is 3.44. The predicted molar refractivity (Wildman–Crippen MR) is 143 cm³/mol. The smallest absolute Gasteiger partial charge is 0.323 e. The fourth-order valence-electron chi connectivity index (χ4n) is 8.90. The highest BCUT2D eigenvalue weighted by Gasteiger charge is 2.59. The summed E-state index contributed by atoms with van der Waals surface area (Å²) < 4.78 is 8.41. The maximum absolute atomic E-state index is 12.5. The van der Waals surface area contributed by atoms with Crippen molar-refractivity contribution in [3.8, 4) is 0 Å². The molecule has 5 unspecified atom stereocenters. The molecule has 2 aromatic rings. The number of allylic oxidation sites excluding steroid dienone is 1. The minimum Gasteiger partial charge on any atom is -0.461 e. The SMILES string of the molecule is CC(C)C(N)C(=O)O[C@H]1CC[C@@]2(C)C(=CCC3C4CCC(n5cnc6ccccc65)[C@@]4(C)CCC32)C1. The van der Waals surface area contributed by atoms with Crippen LogP contribution in [0.25, 0.3) is 11.0 Å². The van der Waals surface area contributed by atoms with Crippen LogP contribution in [0.2, 0.25) is 0 Å². The highest BCUT2D eigenvalue weighted by atomic mass is 16.5. The van der Waals surface area contributed by atoms with Gasteiger partial charge in [0.1, 0.15) is 12.1 Å². The summed E-state index contributed by atoms with van der Waals surface area (Å²) in [6, 6.07) is 8.61. The molecule has 5 heteroatoms. The Labute approximate surface area is 215 Å². The van der Waals surface area contributed by atoms with Crippen LogP contribution in [0.5, 0.6) is 0 Å². The van der Waals surface area contributed by atoms with Gasteiger partial charge in [0.15, 0.2) is 0 Å². The number of hydrogen-bond acceptors (Lipinski definition) is 4. The lowest BCUT2D eigenvalue weighted by Gasteiger charge is -2.58. The molecule has 5 nitrogen and oxygen atoms in total. The van der Waals surface area contributed by atoms with Gasteiger partial charge in [-0.3, -0.25) is 4.79 Å². The molecule has 0 bridgehead atoms. The van der Waals surface area contributed by atoms with Crippen LogP contribution >= 0.6 is 0 Å². The van der Waals surface area contributed by atoms with Gasteiger partial charge in [-0.2, -0.15) is 0 Å². The first-order valence-corrected chi connectivity index (χ1v) is 14.3. The maximum atomic E-state index is 12.5. The van der Waals surface area contributed by atoms with Gasteiger partial charge in [-0.1, -0.05) is 51.5 Å². The first-order chi connectivity index (χ1) is 17.2. The third-order valence-electron chi connectivity index (χ3n) is 11.1. The molecule has 3 fully saturated rings. The summed E-state index contributed by atoms with van der Waals surface area (Å²) in [5.74, 6) is 2.13. The highest BCUT2D eigenvalue weighted by molar-refractivity contribution is 5.76. The van der Waals surface area contributed by atoms with Gasteiger partial charge in [0, 0.05) is 12.5 Å². The lowest BCUT2D eigenvalue weighted by Crippen LogP contribution is -2.51. The van der Waals surface area contributed by atoms with Crippen molar-refractivity contribution in [3.05, 3.63) is 42.2 Å². The number of rotatable bonds is 4. The molecule has 1 heterocycles. The van der Waals surface area contributed by atoms with Crippen molar-refractivity contribution in [2.75, 3.05) is 0 Å². The highest BCUT2D eigenvalue weighted by Crippen LogP contribution is 2.67. The Kier molecular flexibility index (Phi) is 5.86. The van der Waals surface area contributed by atoms with E-state index in [1.54, 1.807) is 5.57 Å². The Hall–Kier alpha value is -2.14. The first-order valence-electron chi connectivity index (χ1n) is 14.3. The van der Waals surface area contributed by atoms with E-state index in [1.165, 1.54) is 37.6 Å². The molecule has 0 saturated heterocycles. The van der Waals surface area contributed by atoms with Crippen molar-refractivity contribution in [2.45, 2.75) is 97.2 Å². The normalized spacial score (nSPS) is 38.7. The quantitative estimate of drug-likeness (QED) is 0.396. The predicted octanol–water partition coefficient (Wildman–Crippen LogP) is 6.44. The molecule has 194 valence electrons. The molecule has 36 heavy (non-hydrogen) atoms. The van der Waals surface area contributed by atoms with Gasteiger partial charge in [0.05, 0.1) is 17.4 Å². The van der Waals surface area contributed by atoms with E-state index >= 15 is 0 Å². The van der Waals surface area contributed by atoms with Crippen LogP contribution in [0.15, 0.2) is 42.2 Å². The molecule has 0 spiro atoms. The van der Waals surface area contributed by atoms with Gasteiger partial charge in [-0.05, 0) is 91.6 Å². The molecular formula is C31H43N3O2. The van der Waals surface area contributed by atoms with Crippen molar-refractivity contribution in [2.24, 2.45) is 40.2 Å². The van der Waals surface area contributed by atoms with Crippen LogP contribution in [-0.2, 0) is 9.53 Å². The maximum Gasteiger partial charge on any atom is 0.323 e. The number of nitrogens with zero attached hydrogens (tertiary/aromatic N) is 2. The summed E-state index contributed by atoms with van der Waals surface area (Å²) >= 11 is 0. The van der Waals surface area contributed by atoms with Crippen LogP contribution in [0.4, 0.5) is 0 Å². The van der Waals surface area contributed by atoms with Crippen LogP contribution in [-0.4, -0.2) is 27.7 Å². The molecule has 2 N–H and O–H groups in total. The molecule has 4 aliphatic rings. The van der Waals surface area contributed by atoms with Crippen LogP contribution in [0, 0.1) is 34.5 Å². The molecule has 0 radical (unpaired) electrons. The largest absolute Gasteiger partial charge is 0.461 e. The zero-order valence-corrected chi connectivity index (χ0v) is 22.5. The number of ether oxygens (including phenoxy) is 1. The molecule has 6 rings (SSSR count). The van der Waals surface area contributed by atoms with Crippen molar-refractivity contribution in [1.29, 1.82) is 0 Å². The fourth-order valence-corrected chi connectivity index (χ4v) is 8.90.